The van der Waals surface area contributed by atoms with Crippen LogP contribution in [0.5, 0.6) is 0 Å². The Bertz CT molecular complexity index is 559. The first kappa shape index (κ1) is 17.9. The molecule has 0 unspecified atom stereocenters. The zero-order valence-electron chi connectivity index (χ0n) is 13.9. The van der Waals surface area contributed by atoms with Crippen molar-refractivity contribution in [2.45, 2.75) is 45.6 Å². The predicted octanol–water partition coefficient (Wildman–Crippen LogP) is 3.04. The van der Waals surface area contributed by atoms with Crippen molar-refractivity contribution in [1.29, 1.82) is 0 Å². The lowest BCUT2D eigenvalue weighted by atomic mass is 9.89. The number of carbonyl (C=O) groups excluding carboxylic acids is 2. The largest absolute Gasteiger partial charge is 0.465 e. The van der Waals surface area contributed by atoms with Gasteiger partial charge in [0.05, 0.1) is 24.2 Å². The molecule has 1 atom stereocenters. The first-order chi connectivity index (χ1) is 11.1. The summed E-state index contributed by atoms with van der Waals surface area (Å²) in [6.45, 7) is 4.15. The Morgan fingerprint density at radius 2 is 1.96 bits per heavy atom. The van der Waals surface area contributed by atoms with Gasteiger partial charge in [0.1, 0.15) is 0 Å². The summed E-state index contributed by atoms with van der Waals surface area (Å²) in [6, 6.07) is 6.52. The minimum atomic E-state index is -0.270. The van der Waals surface area contributed by atoms with Crippen molar-refractivity contribution in [3.05, 3.63) is 34.9 Å². The highest BCUT2D eigenvalue weighted by Crippen LogP contribution is 2.24. The number of aryl methyl sites for hydroxylation is 2. The number of benzene rings is 1. The van der Waals surface area contributed by atoms with E-state index in [9.17, 15) is 9.59 Å². The number of rotatable bonds is 7. The van der Waals surface area contributed by atoms with E-state index in [1.165, 1.54) is 42.2 Å². The molecule has 0 fully saturated rings. The molecule has 1 aromatic carbocycles. The van der Waals surface area contributed by atoms with E-state index in [1.54, 1.807) is 6.92 Å². The number of esters is 1. The van der Waals surface area contributed by atoms with Crippen LogP contribution >= 0.6 is 11.8 Å². The van der Waals surface area contributed by atoms with Gasteiger partial charge in [-0.15, -0.1) is 11.8 Å². The lowest BCUT2D eigenvalue weighted by Gasteiger charge is -2.20. The van der Waals surface area contributed by atoms with Crippen LogP contribution < -0.4 is 5.32 Å². The minimum Gasteiger partial charge on any atom is -0.465 e. The van der Waals surface area contributed by atoms with Gasteiger partial charge >= 0.3 is 5.97 Å². The number of thioether (sulfide) groups is 1. The molecule has 0 bridgehead atoms. The van der Waals surface area contributed by atoms with E-state index >= 15 is 0 Å². The van der Waals surface area contributed by atoms with Gasteiger partial charge < -0.3 is 10.1 Å². The van der Waals surface area contributed by atoms with Gasteiger partial charge in [-0.2, -0.15) is 0 Å². The average molecular weight is 335 g/mol. The lowest BCUT2D eigenvalue weighted by molar-refractivity contribution is -0.139. The van der Waals surface area contributed by atoms with Crippen LogP contribution in [0.15, 0.2) is 18.2 Å². The molecule has 0 saturated carbocycles. The number of ether oxygens (including phenoxy) is 1. The standard InChI is InChI=1S/C18H25NO3S/c1-3-22-18(21)12-23-11-17(20)19-13(2)15-9-8-14-6-4-5-7-16(14)10-15/h8-10,13H,3-7,11-12H2,1-2H3,(H,19,20)/t13-/m0/s1. The number of fused-ring (bicyclic) bond motifs is 1. The highest BCUT2D eigenvalue weighted by molar-refractivity contribution is 8.00. The van der Waals surface area contributed by atoms with Crippen molar-refractivity contribution in [2.24, 2.45) is 0 Å². The molecule has 126 valence electrons. The molecule has 1 amide bonds. The fourth-order valence-corrected chi connectivity index (χ4v) is 3.44. The zero-order valence-corrected chi connectivity index (χ0v) is 14.7. The van der Waals surface area contributed by atoms with Gasteiger partial charge in [0.25, 0.3) is 0 Å². The molecule has 0 spiro atoms. The molecule has 1 aliphatic carbocycles. The van der Waals surface area contributed by atoms with Gasteiger partial charge in [0.15, 0.2) is 0 Å². The Balaban J connectivity index is 1.80. The van der Waals surface area contributed by atoms with E-state index in [4.69, 9.17) is 4.74 Å². The molecule has 0 radical (unpaired) electrons. The number of carbonyl (C=O) groups is 2. The zero-order chi connectivity index (χ0) is 16.7. The molecular weight excluding hydrogens is 310 g/mol. The highest BCUT2D eigenvalue weighted by Gasteiger charge is 2.14. The third-order valence-corrected chi connectivity index (χ3v) is 4.91. The SMILES string of the molecule is CCOC(=O)CSCC(=O)N[C@@H](C)c1ccc2c(c1)CCCC2. The molecule has 4 nitrogen and oxygen atoms in total. The second-order valence-corrected chi connectivity index (χ2v) is 6.81. The summed E-state index contributed by atoms with van der Waals surface area (Å²) in [6.07, 6.45) is 4.83. The molecule has 0 saturated heterocycles. The fraction of sp³-hybridized carbons (Fsp3) is 0.556. The molecule has 1 N–H and O–H groups in total. The summed E-state index contributed by atoms with van der Waals surface area (Å²) in [7, 11) is 0. The van der Waals surface area contributed by atoms with Gasteiger partial charge in [-0.1, -0.05) is 18.2 Å². The topological polar surface area (TPSA) is 55.4 Å². The summed E-state index contributed by atoms with van der Waals surface area (Å²) < 4.78 is 4.84. The van der Waals surface area contributed by atoms with Crippen LogP contribution in [-0.2, 0) is 27.2 Å². The smallest absolute Gasteiger partial charge is 0.315 e. The molecular formula is C18H25NO3S. The second-order valence-electron chi connectivity index (χ2n) is 5.82. The molecule has 0 aliphatic heterocycles. The normalized spacial score (nSPS) is 14.7. The minimum absolute atomic E-state index is 0.0158. The quantitative estimate of drug-likeness (QED) is 0.778. The van der Waals surface area contributed by atoms with Gasteiger partial charge in [-0.25, -0.2) is 0 Å². The molecule has 2 rings (SSSR count). The van der Waals surface area contributed by atoms with E-state index in [2.05, 4.69) is 23.5 Å². The third kappa shape index (κ3) is 5.57. The molecule has 5 heteroatoms. The van der Waals surface area contributed by atoms with Gasteiger partial charge in [0.2, 0.25) is 5.91 Å². The maximum atomic E-state index is 12.0. The first-order valence-electron chi connectivity index (χ1n) is 8.24. The van der Waals surface area contributed by atoms with E-state index in [1.807, 2.05) is 6.92 Å². The van der Waals surface area contributed by atoms with E-state index in [-0.39, 0.29) is 29.4 Å². The monoisotopic (exact) mass is 335 g/mol. The first-order valence-corrected chi connectivity index (χ1v) is 9.40. The van der Waals surface area contributed by atoms with Crippen LogP contribution in [0.1, 0.15) is 49.4 Å². The maximum absolute atomic E-state index is 12.0. The van der Waals surface area contributed by atoms with Crippen molar-refractivity contribution in [1.82, 2.24) is 5.32 Å². The predicted molar refractivity (Wildman–Crippen MR) is 93.6 cm³/mol. The number of hydrogen-bond acceptors (Lipinski definition) is 4. The summed E-state index contributed by atoms with van der Waals surface area (Å²) in [5, 5.41) is 3.00. The summed E-state index contributed by atoms with van der Waals surface area (Å²) in [5.41, 5.74) is 4.02. The van der Waals surface area contributed by atoms with Crippen LogP contribution in [0.4, 0.5) is 0 Å². The molecule has 1 aromatic rings. The fourth-order valence-electron chi connectivity index (χ4n) is 2.82. The second kappa shape index (κ2) is 8.96. The molecule has 0 heterocycles. The van der Waals surface area contributed by atoms with Crippen LogP contribution in [0, 0.1) is 0 Å². The van der Waals surface area contributed by atoms with Crippen LogP contribution in [0.2, 0.25) is 0 Å². The maximum Gasteiger partial charge on any atom is 0.315 e. The Labute approximate surface area is 142 Å². The molecule has 1 aliphatic rings. The molecule has 0 aromatic heterocycles. The molecule has 23 heavy (non-hydrogen) atoms. The van der Waals surface area contributed by atoms with Crippen LogP contribution in [0.25, 0.3) is 0 Å². The van der Waals surface area contributed by atoms with E-state index < -0.39 is 0 Å². The van der Waals surface area contributed by atoms with Crippen molar-refractivity contribution in [2.75, 3.05) is 18.1 Å². The van der Waals surface area contributed by atoms with Gasteiger partial charge in [0, 0.05) is 0 Å². The number of nitrogens with one attached hydrogen (secondary N) is 1. The summed E-state index contributed by atoms with van der Waals surface area (Å²) in [5.74, 6) is 0.167. The Morgan fingerprint density at radius 3 is 2.70 bits per heavy atom. The third-order valence-electron chi connectivity index (χ3n) is 4.01. The number of hydrogen-bond donors (Lipinski definition) is 1. The lowest BCUT2D eigenvalue weighted by Crippen LogP contribution is -2.28. The van der Waals surface area contributed by atoms with Gasteiger partial charge in [-0.05, 0) is 56.2 Å². The van der Waals surface area contributed by atoms with Crippen molar-refractivity contribution >= 4 is 23.6 Å². The summed E-state index contributed by atoms with van der Waals surface area (Å²) in [4.78, 5) is 23.2. The Hall–Kier alpha value is -1.49. The van der Waals surface area contributed by atoms with E-state index in [0.717, 1.165) is 12.0 Å². The summed E-state index contributed by atoms with van der Waals surface area (Å²) >= 11 is 1.28. The number of amides is 1. The average Bonchev–Trinajstić information content (AvgIpc) is 2.54. The Kier molecular flexibility index (Phi) is 6.96. The highest BCUT2D eigenvalue weighted by atomic mass is 32.2. The van der Waals surface area contributed by atoms with E-state index in [0.29, 0.717) is 6.61 Å². The van der Waals surface area contributed by atoms with Crippen LogP contribution in [0.3, 0.4) is 0 Å². The Morgan fingerprint density at radius 1 is 1.22 bits per heavy atom. The van der Waals surface area contributed by atoms with Crippen LogP contribution in [-0.4, -0.2) is 30.0 Å². The van der Waals surface area contributed by atoms with Crippen molar-refractivity contribution < 1.29 is 14.3 Å². The van der Waals surface area contributed by atoms with Crippen molar-refractivity contribution in [3.8, 4) is 0 Å². The van der Waals surface area contributed by atoms with Crippen molar-refractivity contribution in [3.63, 3.8) is 0 Å². The van der Waals surface area contributed by atoms with Gasteiger partial charge in [-0.3, -0.25) is 9.59 Å².